The molecule has 5 nitrogen and oxygen atoms in total. The van der Waals surface area contributed by atoms with E-state index >= 15 is 0 Å². The van der Waals surface area contributed by atoms with Gasteiger partial charge in [-0.2, -0.15) is 0 Å². The third kappa shape index (κ3) is 7.38. The molecule has 2 saturated heterocycles. The zero-order chi connectivity index (χ0) is 20.5. The van der Waals surface area contributed by atoms with E-state index in [0.29, 0.717) is 6.04 Å². The Balaban J connectivity index is 0.00000320. The van der Waals surface area contributed by atoms with Gasteiger partial charge in [-0.15, -0.1) is 24.0 Å². The van der Waals surface area contributed by atoms with Crippen molar-refractivity contribution in [3.63, 3.8) is 0 Å². The minimum absolute atomic E-state index is 0. The van der Waals surface area contributed by atoms with Gasteiger partial charge in [0, 0.05) is 25.2 Å². The summed E-state index contributed by atoms with van der Waals surface area (Å²) in [6.07, 6.45) is 8.78. The van der Waals surface area contributed by atoms with Crippen LogP contribution in [0.15, 0.2) is 35.3 Å². The summed E-state index contributed by atoms with van der Waals surface area (Å²) in [6, 6.07) is 11.1. The van der Waals surface area contributed by atoms with Crippen LogP contribution in [-0.4, -0.2) is 74.2 Å². The molecule has 2 N–H and O–H groups in total. The topological polar surface area (TPSA) is 42.9 Å². The van der Waals surface area contributed by atoms with Crippen molar-refractivity contribution in [2.75, 3.05) is 46.8 Å². The summed E-state index contributed by atoms with van der Waals surface area (Å²) >= 11 is 0. The molecular weight excluding hydrogens is 485 g/mol. The second-order valence-corrected chi connectivity index (χ2v) is 9.07. The third-order valence-electron chi connectivity index (χ3n) is 6.85. The van der Waals surface area contributed by atoms with Crippen molar-refractivity contribution in [2.45, 2.75) is 63.5 Å². The summed E-state index contributed by atoms with van der Waals surface area (Å²) in [5.41, 5.74) is 1.68. The fraction of sp³-hybridized carbons (Fsp3) is 0.708. The normalized spacial score (nSPS) is 21.5. The van der Waals surface area contributed by atoms with E-state index in [1.54, 1.807) is 0 Å². The molecule has 2 aliphatic rings. The number of aliphatic imine (C=N–C) groups is 1. The van der Waals surface area contributed by atoms with Crippen LogP contribution < -0.4 is 10.6 Å². The van der Waals surface area contributed by atoms with E-state index in [2.05, 4.69) is 69.7 Å². The van der Waals surface area contributed by atoms with Crippen LogP contribution in [0, 0.1) is 0 Å². The van der Waals surface area contributed by atoms with Gasteiger partial charge in [0.2, 0.25) is 0 Å². The van der Waals surface area contributed by atoms with Crippen LogP contribution in [0.2, 0.25) is 0 Å². The molecule has 0 amide bonds. The third-order valence-corrected chi connectivity index (χ3v) is 6.85. The molecule has 1 atom stereocenters. The maximum absolute atomic E-state index is 4.52. The average molecular weight is 528 g/mol. The molecule has 0 bridgehead atoms. The Bertz CT molecular complexity index is 622. The molecule has 2 heterocycles. The van der Waals surface area contributed by atoms with Crippen molar-refractivity contribution in [1.29, 1.82) is 0 Å². The standard InChI is InChI=1S/C24H41N5.HI/c1-21(12-13-22-10-6-4-7-11-22)27-23(25-2)26-20-24(14-18-28(3)19-15-24)29-16-8-5-9-17-29;/h4,6-7,10-11,21H,5,8-9,12-20H2,1-3H3,(H2,25,26,27);1H. The Morgan fingerprint density at radius 2 is 1.73 bits per heavy atom. The molecule has 0 radical (unpaired) electrons. The van der Waals surface area contributed by atoms with E-state index in [1.165, 1.54) is 63.8 Å². The molecule has 30 heavy (non-hydrogen) atoms. The summed E-state index contributed by atoms with van der Waals surface area (Å²) in [5.74, 6) is 0.945. The van der Waals surface area contributed by atoms with E-state index in [9.17, 15) is 0 Å². The number of rotatable bonds is 7. The van der Waals surface area contributed by atoms with Crippen molar-refractivity contribution in [2.24, 2.45) is 4.99 Å². The van der Waals surface area contributed by atoms with Crippen LogP contribution in [0.25, 0.3) is 0 Å². The molecule has 170 valence electrons. The maximum atomic E-state index is 4.52. The average Bonchev–Trinajstić information content (AvgIpc) is 2.78. The van der Waals surface area contributed by atoms with Crippen LogP contribution in [-0.2, 0) is 6.42 Å². The summed E-state index contributed by atoms with van der Waals surface area (Å²) in [5, 5.41) is 7.32. The van der Waals surface area contributed by atoms with Crippen LogP contribution in [0.5, 0.6) is 0 Å². The molecule has 0 spiro atoms. The van der Waals surface area contributed by atoms with E-state index in [1.807, 2.05) is 7.05 Å². The smallest absolute Gasteiger partial charge is 0.191 e. The molecule has 0 aromatic heterocycles. The Morgan fingerprint density at radius 3 is 2.37 bits per heavy atom. The molecule has 0 saturated carbocycles. The van der Waals surface area contributed by atoms with Crippen LogP contribution in [0.1, 0.15) is 51.0 Å². The van der Waals surface area contributed by atoms with Gasteiger partial charge in [0.15, 0.2) is 5.96 Å². The highest BCUT2D eigenvalue weighted by Gasteiger charge is 2.39. The van der Waals surface area contributed by atoms with Gasteiger partial charge in [-0.1, -0.05) is 36.8 Å². The van der Waals surface area contributed by atoms with Gasteiger partial charge in [-0.25, -0.2) is 0 Å². The number of hydrogen-bond acceptors (Lipinski definition) is 3. The number of piperidine rings is 2. The quantitative estimate of drug-likeness (QED) is 0.322. The molecule has 2 fully saturated rings. The molecule has 2 aliphatic heterocycles. The number of aryl methyl sites for hydroxylation is 1. The summed E-state index contributed by atoms with van der Waals surface area (Å²) in [4.78, 5) is 9.78. The Hall–Kier alpha value is -0.860. The van der Waals surface area contributed by atoms with Crippen molar-refractivity contribution in [1.82, 2.24) is 20.4 Å². The van der Waals surface area contributed by atoms with Crippen LogP contribution in [0.4, 0.5) is 0 Å². The predicted octanol–water partition coefficient (Wildman–Crippen LogP) is 3.74. The lowest BCUT2D eigenvalue weighted by Crippen LogP contribution is -2.62. The first kappa shape index (κ1) is 25.4. The molecule has 1 unspecified atom stereocenters. The first-order chi connectivity index (χ1) is 14.1. The fourth-order valence-corrected chi connectivity index (χ4v) is 4.78. The van der Waals surface area contributed by atoms with Gasteiger partial charge in [0.1, 0.15) is 0 Å². The van der Waals surface area contributed by atoms with Gasteiger partial charge in [0.05, 0.1) is 0 Å². The van der Waals surface area contributed by atoms with Gasteiger partial charge >= 0.3 is 0 Å². The number of nitrogens with zero attached hydrogens (tertiary/aromatic N) is 3. The summed E-state index contributed by atoms with van der Waals surface area (Å²) in [7, 11) is 4.14. The second kappa shape index (κ2) is 12.9. The fourth-order valence-electron chi connectivity index (χ4n) is 4.78. The van der Waals surface area contributed by atoms with Gasteiger partial charge in [-0.05, 0) is 84.2 Å². The lowest BCUT2D eigenvalue weighted by Gasteiger charge is -2.50. The molecule has 6 heteroatoms. The number of halogens is 1. The number of hydrogen-bond donors (Lipinski definition) is 2. The highest BCUT2D eigenvalue weighted by atomic mass is 127. The highest BCUT2D eigenvalue weighted by molar-refractivity contribution is 14.0. The van der Waals surface area contributed by atoms with Crippen LogP contribution in [0.3, 0.4) is 0 Å². The molecule has 1 aromatic rings. The Labute approximate surface area is 201 Å². The van der Waals surface area contributed by atoms with Gasteiger partial charge in [0.25, 0.3) is 0 Å². The highest BCUT2D eigenvalue weighted by Crippen LogP contribution is 2.30. The lowest BCUT2D eigenvalue weighted by molar-refractivity contribution is 0.0173. The predicted molar refractivity (Wildman–Crippen MR) is 139 cm³/mol. The molecule has 1 aromatic carbocycles. The van der Waals surface area contributed by atoms with Crippen LogP contribution >= 0.6 is 24.0 Å². The monoisotopic (exact) mass is 527 g/mol. The second-order valence-electron chi connectivity index (χ2n) is 9.07. The number of benzene rings is 1. The van der Waals surface area contributed by atoms with Crippen molar-refractivity contribution in [3.05, 3.63) is 35.9 Å². The Kier molecular flexibility index (Phi) is 10.9. The first-order valence-electron chi connectivity index (χ1n) is 11.6. The number of nitrogens with one attached hydrogen (secondary N) is 2. The zero-order valence-corrected chi connectivity index (χ0v) is 21.5. The molecule has 3 rings (SSSR count). The SMILES string of the molecule is CN=C(NCC1(N2CCCCC2)CCN(C)CC1)NC(C)CCc1ccccc1.I. The van der Waals surface area contributed by atoms with Crippen molar-refractivity contribution < 1.29 is 0 Å². The number of likely N-dealkylation sites (tertiary alicyclic amines) is 2. The van der Waals surface area contributed by atoms with Gasteiger partial charge in [-0.3, -0.25) is 9.89 Å². The zero-order valence-electron chi connectivity index (χ0n) is 19.2. The van der Waals surface area contributed by atoms with E-state index < -0.39 is 0 Å². The van der Waals surface area contributed by atoms with Crippen molar-refractivity contribution >= 4 is 29.9 Å². The lowest BCUT2D eigenvalue weighted by atomic mass is 9.84. The number of guanidine groups is 1. The van der Waals surface area contributed by atoms with Gasteiger partial charge < -0.3 is 15.5 Å². The van der Waals surface area contributed by atoms with E-state index in [-0.39, 0.29) is 29.5 Å². The summed E-state index contributed by atoms with van der Waals surface area (Å²) in [6.45, 7) is 8.14. The maximum Gasteiger partial charge on any atom is 0.191 e. The molecule has 0 aliphatic carbocycles. The summed E-state index contributed by atoms with van der Waals surface area (Å²) < 4.78 is 0. The largest absolute Gasteiger partial charge is 0.355 e. The minimum Gasteiger partial charge on any atom is -0.355 e. The Morgan fingerprint density at radius 1 is 1.07 bits per heavy atom. The minimum atomic E-state index is 0. The van der Waals surface area contributed by atoms with E-state index in [0.717, 1.165) is 25.3 Å². The first-order valence-corrected chi connectivity index (χ1v) is 11.6. The van der Waals surface area contributed by atoms with E-state index in [4.69, 9.17) is 0 Å². The molecular formula is C24H42IN5. The van der Waals surface area contributed by atoms with Crippen molar-refractivity contribution in [3.8, 4) is 0 Å².